The Morgan fingerprint density at radius 2 is 1.48 bits per heavy atom. The van der Waals surface area contributed by atoms with Crippen molar-refractivity contribution >= 4 is 0 Å². The van der Waals surface area contributed by atoms with Crippen molar-refractivity contribution in [2.24, 2.45) is 5.41 Å². The van der Waals surface area contributed by atoms with Gasteiger partial charge in [0.1, 0.15) is 5.82 Å². The Morgan fingerprint density at radius 3 is 2.05 bits per heavy atom. The minimum absolute atomic E-state index is 0.288. The highest BCUT2D eigenvalue weighted by Crippen LogP contribution is 2.38. The highest BCUT2D eigenvalue weighted by atomic mass is 19.1. The van der Waals surface area contributed by atoms with E-state index in [-0.39, 0.29) is 11.4 Å². The second-order valence-corrected chi connectivity index (χ2v) is 6.06. The summed E-state index contributed by atoms with van der Waals surface area (Å²) in [6.45, 7) is 5.74. The molecule has 0 aliphatic heterocycles. The average molecular weight is 282 g/mol. The van der Waals surface area contributed by atoms with E-state index in [1.54, 1.807) is 18.2 Å². The minimum Gasteiger partial charge on any atom is -0.373 e. The van der Waals surface area contributed by atoms with E-state index in [9.17, 15) is 9.50 Å². The summed E-state index contributed by atoms with van der Waals surface area (Å²) in [6.07, 6.45) is 0. The van der Waals surface area contributed by atoms with Gasteiger partial charge in [0.25, 0.3) is 0 Å². The van der Waals surface area contributed by atoms with E-state index >= 15 is 0 Å². The van der Waals surface area contributed by atoms with Gasteiger partial charge in [0, 0.05) is 5.41 Å². The molecule has 108 valence electrons. The van der Waals surface area contributed by atoms with Crippen molar-refractivity contribution in [1.29, 1.82) is 0 Å². The monoisotopic (exact) mass is 282 g/mol. The zero-order valence-corrected chi connectivity index (χ0v) is 12.5. The van der Waals surface area contributed by atoms with Crippen LogP contribution in [-0.4, -0.2) is 5.11 Å². The fourth-order valence-electron chi connectivity index (χ4n) is 2.09. The van der Waals surface area contributed by atoms with Gasteiger partial charge < -0.3 is 5.11 Å². The van der Waals surface area contributed by atoms with Crippen molar-refractivity contribution < 1.29 is 9.50 Å². The van der Waals surface area contributed by atoms with Gasteiger partial charge in [-0.05, 0) is 17.7 Å². The van der Waals surface area contributed by atoms with Crippen LogP contribution in [0.25, 0.3) is 0 Å². The molecule has 1 N–H and O–H groups in total. The summed E-state index contributed by atoms with van der Waals surface area (Å²) < 4.78 is 13.7. The van der Waals surface area contributed by atoms with Crippen LogP contribution in [0.2, 0.25) is 0 Å². The first-order valence-corrected chi connectivity index (χ1v) is 6.90. The van der Waals surface area contributed by atoms with Gasteiger partial charge in [0.05, 0.1) is 5.56 Å². The molecule has 0 aliphatic rings. The average Bonchev–Trinajstić information content (AvgIpc) is 2.46. The Balaban J connectivity index is 2.53. The lowest BCUT2D eigenvalue weighted by Crippen LogP contribution is -2.38. The molecule has 0 heterocycles. The van der Waals surface area contributed by atoms with Gasteiger partial charge in [-0.25, -0.2) is 4.39 Å². The van der Waals surface area contributed by atoms with E-state index in [1.807, 2.05) is 51.1 Å². The van der Waals surface area contributed by atoms with Crippen LogP contribution in [0.4, 0.5) is 4.39 Å². The van der Waals surface area contributed by atoms with E-state index < -0.39 is 11.0 Å². The van der Waals surface area contributed by atoms with Crippen molar-refractivity contribution in [3.05, 3.63) is 71.5 Å². The highest BCUT2D eigenvalue weighted by molar-refractivity contribution is 5.41. The van der Waals surface area contributed by atoms with Crippen LogP contribution in [0.5, 0.6) is 0 Å². The van der Waals surface area contributed by atoms with Crippen molar-refractivity contribution in [2.75, 3.05) is 0 Å². The van der Waals surface area contributed by atoms with Gasteiger partial charge in [-0.1, -0.05) is 75.1 Å². The summed E-state index contributed by atoms with van der Waals surface area (Å²) in [6, 6.07) is 15.6. The molecule has 0 spiro atoms. The van der Waals surface area contributed by atoms with E-state index in [4.69, 9.17) is 0 Å². The number of hydrogen-bond donors (Lipinski definition) is 1. The molecule has 0 aliphatic carbocycles. The molecule has 2 aromatic carbocycles. The quantitative estimate of drug-likeness (QED) is 0.780. The maximum Gasteiger partial charge on any atom is 0.156 e. The maximum atomic E-state index is 13.7. The summed E-state index contributed by atoms with van der Waals surface area (Å²) in [5, 5.41) is 11.1. The molecule has 0 saturated heterocycles. The predicted octanol–water partition coefficient (Wildman–Crippen LogP) is 4.11. The normalized spacial score (nSPS) is 14.0. The molecule has 2 heteroatoms. The topological polar surface area (TPSA) is 20.2 Å². The lowest BCUT2D eigenvalue weighted by atomic mass is 9.72. The lowest BCUT2D eigenvalue weighted by Gasteiger charge is -2.36. The standard InChI is InChI=1S/C19H19FO/c1-18(2,3)19(21,16-10-5-4-6-11-16)14-13-15-9-7-8-12-17(15)20/h4-12,21H,1-3H3. The van der Waals surface area contributed by atoms with Crippen molar-refractivity contribution in [3.8, 4) is 11.8 Å². The molecule has 0 bridgehead atoms. The fraction of sp³-hybridized carbons (Fsp3) is 0.263. The Kier molecular flexibility index (Phi) is 4.16. The maximum absolute atomic E-state index is 13.7. The molecular weight excluding hydrogens is 263 g/mol. The molecule has 0 radical (unpaired) electrons. The predicted molar refractivity (Wildman–Crippen MR) is 83.1 cm³/mol. The van der Waals surface area contributed by atoms with Gasteiger partial charge >= 0.3 is 0 Å². The molecule has 0 amide bonds. The van der Waals surface area contributed by atoms with Gasteiger partial charge in [-0.3, -0.25) is 0 Å². The summed E-state index contributed by atoms with van der Waals surface area (Å²) in [5.74, 6) is 5.28. The first kappa shape index (κ1) is 15.3. The van der Waals surface area contributed by atoms with Gasteiger partial charge in [0.15, 0.2) is 5.60 Å². The fourth-order valence-corrected chi connectivity index (χ4v) is 2.09. The molecule has 0 fully saturated rings. The molecular formula is C19H19FO. The second-order valence-electron chi connectivity index (χ2n) is 6.06. The van der Waals surface area contributed by atoms with Crippen molar-refractivity contribution in [1.82, 2.24) is 0 Å². The van der Waals surface area contributed by atoms with Crippen LogP contribution in [0.1, 0.15) is 31.9 Å². The van der Waals surface area contributed by atoms with E-state index in [1.165, 1.54) is 6.07 Å². The van der Waals surface area contributed by atoms with Gasteiger partial charge in [0.2, 0.25) is 0 Å². The van der Waals surface area contributed by atoms with Gasteiger partial charge in [-0.15, -0.1) is 0 Å². The van der Waals surface area contributed by atoms with E-state index in [0.717, 1.165) is 0 Å². The molecule has 0 saturated carbocycles. The molecule has 1 atom stereocenters. The number of halogens is 1. The number of rotatable bonds is 1. The molecule has 0 aromatic heterocycles. The van der Waals surface area contributed by atoms with Crippen molar-refractivity contribution in [3.63, 3.8) is 0 Å². The zero-order chi connectivity index (χ0) is 15.5. The third-order valence-electron chi connectivity index (χ3n) is 3.53. The first-order valence-electron chi connectivity index (χ1n) is 6.90. The molecule has 21 heavy (non-hydrogen) atoms. The summed E-state index contributed by atoms with van der Waals surface area (Å²) >= 11 is 0. The largest absolute Gasteiger partial charge is 0.373 e. The van der Waals surface area contributed by atoms with Crippen LogP contribution in [0.3, 0.4) is 0 Å². The number of hydrogen-bond acceptors (Lipinski definition) is 1. The van der Waals surface area contributed by atoms with E-state index in [0.29, 0.717) is 5.56 Å². The Hall–Kier alpha value is -2.11. The van der Waals surface area contributed by atoms with Crippen LogP contribution >= 0.6 is 0 Å². The second kappa shape index (κ2) is 5.71. The van der Waals surface area contributed by atoms with Crippen LogP contribution < -0.4 is 0 Å². The molecule has 2 aromatic rings. The number of benzene rings is 2. The Labute approximate surface area is 125 Å². The molecule has 2 rings (SSSR count). The third-order valence-corrected chi connectivity index (χ3v) is 3.53. The lowest BCUT2D eigenvalue weighted by molar-refractivity contribution is -0.00900. The number of aliphatic hydroxyl groups is 1. The summed E-state index contributed by atoms with van der Waals surface area (Å²) in [7, 11) is 0. The SMILES string of the molecule is CC(C)(C)C(O)(C#Cc1ccccc1F)c1ccccc1. The molecule has 1 nitrogen and oxygen atoms in total. The third kappa shape index (κ3) is 3.15. The Bertz CT molecular complexity index is 674. The summed E-state index contributed by atoms with van der Waals surface area (Å²) in [5.41, 5.74) is -0.860. The smallest absolute Gasteiger partial charge is 0.156 e. The zero-order valence-electron chi connectivity index (χ0n) is 12.5. The van der Waals surface area contributed by atoms with Crippen LogP contribution in [0, 0.1) is 23.1 Å². The van der Waals surface area contributed by atoms with Gasteiger partial charge in [-0.2, -0.15) is 0 Å². The van der Waals surface area contributed by atoms with Crippen LogP contribution in [-0.2, 0) is 5.60 Å². The van der Waals surface area contributed by atoms with Crippen molar-refractivity contribution in [2.45, 2.75) is 26.4 Å². The molecule has 1 unspecified atom stereocenters. The minimum atomic E-state index is -1.35. The first-order chi connectivity index (χ1) is 9.84. The van der Waals surface area contributed by atoms with E-state index in [2.05, 4.69) is 11.8 Å². The van der Waals surface area contributed by atoms with Crippen LogP contribution in [0.15, 0.2) is 54.6 Å². The summed E-state index contributed by atoms with van der Waals surface area (Å²) in [4.78, 5) is 0. The highest BCUT2D eigenvalue weighted by Gasteiger charge is 2.40. The Morgan fingerprint density at radius 1 is 0.905 bits per heavy atom.